The number of carbonyl (C=O) groups is 1. The van der Waals surface area contributed by atoms with E-state index in [0.29, 0.717) is 0 Å². The van der Waals surface area contributed by atoms with E-state index in [1.807, 2.05) is 13.2 Å². The van der Waals surface area contributed by atoms with E-state index in [0.717, 1.165) is 0 Å². The Morgan fingerprint density at radius 2 is 2.33 bits per heavy atom. The van der Waals surface area contributed by atoms with Gasteiger partial charge < -0.3 is 10.1 Å². The molecule has 0 aromatic heterocycles. The lowest BCUT2D eigenvalue weighted by Crippen LogP contribution is -2.22. The molecule has 0 radical (unpaired) electrons. The number of nitrogens with one attached hydrogen (secondary N) is 1. The zero-order valence-corrected chi connectivity index (χ0v) is 6.62. The van der Waals surface area contributed by atoms with E-state index >= 15 is 0 Å². The summed E-state index contributed by atoms with van der Waals surface area (Å²) in [7, 11) is 1.54. The van der Waals surface area contributed by atoms with Crippen molar-refractivity contribution in [2.45, 2.75) is 12.4 Å². The number of ether oxygens (including phenoxy) is 1. The maximum absolute atomic E-state index is 10.4. The lowest BCUT2D eigenvalue weighted by atomic mass is 10.8. The van der Waals surface area contributed by atoms with Crippen molar-refractivity contribution >= 4 is 17.9 Å². The van der Waals surface area contributed by atoms with Gasteiger partial charge in [-0.2, -0.15) is 0 Å². The lowest BCUT2D eigenvalue weighted by molar-refractivity contribution is 0.143. The second-order valence-corrected chi connectivity index (χ2v) is 2.59. The highest BCUT2D eigenvalue weighted by Gasteiger charge is 2.03. The van der Waals surface area contributed by atoms with Gasteiger partial charge in [0.2, 0.25) is 0 Å². The molecule has 3 nitrogen and oxygen atoms in total. The van der Waals surface area contributed by atoms with Gasteiger partial charge >= 0.3 is 6.09 Å². The largest absolute Gasteiger partial charge is 0.435 e. The summed E-state index contributed by atoms with van der Waals surface area (Å²) in [5.41, 5.74) is -0.0649. The standard InChI is InChI=1S/C5H11NO2S/c1-4(9-3)8-5(7)6-2/h4H,1-3H3,(H,6,7). The minimum Gasteiger partial charge on any atom is -0.435 e. The van der Waals surface area contributed by atoms with Crippen LogP contribution in [0.25, 0.3) is 0 Å². The van der Waals surface area contributed by atoms with Gasteiger partial charge in [-0.25, -0.2) is 4.79 Å². The summed E-state index contributed by atoms with van der Waals surface area (Å²) in [4.78, 5) is 10.4. The Hall–Kier alpha value is -0.380. The van der Waals surface area contributed by atoms with Gasteiger partial charge in [-0.05, 0) is 13.2 Å². The smallest absolute Gasteiger partial charge is 0.407 e. The summed E-state index contributed by atoms with van der Waals surface area (Å²) >= 11 is 1.49. The fraction of sp³-hybridized carbons (Fsp3) is 0.800. The summed E-state index contributed by atoms with van der Waals surface area (Å²) in [6, 6.07) is 0. The van der Waals surface area contributed by atoms with Crippen LogP contribution in [0.15, 0.2) is 0 Å². The molecule has 0 aliphatic carbocycles. The van der Waals surface area contributed by atoms with Crippen LogP contribution in [-0.2, 0) is 4.74 Å². The molecule has 0 heterocycles. The fourth-order valence-electron chi connectivity index (χ4n) is 0.258. The van der Waals surface area contributed by atoms with Crippen LogP contribution < -0.4 is 5.32 Å². The summed E-state index contributed by atoms with van der Waals surface area (Å²) in [6.07, 6.45) is 1.50. The Morgan fingerprint density at radius 3 is 2.67 bits per heavy atom. The van der Waals surface area contributed by atoms with Crippen molar-refractivity contribution < 1.29 is 9.53 Å². The maximum Gasteiger partial charge on any atom is 0.407 e. The van der Waals surface area contributed by atoms with Gasteiger partial charge in [-0.1, -0.05) is 0 Å². The van der Waals surface area contributed by atoms with Crippen molar-refractivity contribution in [3.05, 3.63) is 0 Å². The first-order valence-electron chi connectivity index (χ1n) is 2.62. The van der Waals surface area contributed by atoms with Crippen LogP contribution in [0, 0.1) is 0 Å². The molecule has 0 aliphatic heterocycles. The highest BCUT2D eigenvalue weighted by molar-refractivity contribution is 7.99. The summed E-state index contributed by atoms with van der Waals surface area (Å²) in [5.74, 6) is 0. The normalized spacial score (nSPS) is 12.3. The van der Waals surface area contributed by atoms with Gasteiger partial charge in [0, 0.05) is 7.05 Å². The van der Waals surface area contributed by atoms with Crippen molar-refractivity contribution in [1.82, 2.24) is 5.32 Å². The van der Waals surface area contributed by atoms with Gasteiger partial charge in [0.1, 0.15) is 5.44 Å². The molecule has 0 bridgehead atoms. The van der Waals surface area contributed by atoms with Crippen molar-refractivity contribution in [3.63, 3.8) is 0 Å². The molecule has 0 rings (SSSR count). The number of alkyl carbamates (subject to hydrolysis) is 1. The molecule has 1 amide bonds. The molecule has 0 fully saturated rings. The van der Waals surface area contributed by atoms with Crippen molar-refractivity contribution in [1.29, 1.82) is 0 Å². The monoisotopic (exact) mass is 149 g/mol. The summed E-state index contributed by atoms with van der Waals surface area (Å²) in [5, 5.41) is 2.36. The molecular weight excluding hydrogens is 138 g/mol. The molecule has 0 aromatic rings. The highest BCUT2D eigenvalue weighted by Crippen LogP contribution is 2.05. The van der Waals surface area contributed by atoms with Crippen LogP contribution in [0.4, 0.5) is 4.79 Å². The lowest BCUT2D eigenvalue weighted by Gasteiger charge is -2.08. The zero-order valence-electron chi connectivity index (χ0n) is 5.80. The topological polar surface area (TPSA) is 38.3 Å². The van der Waals surface area contributed by atoms with Crippen LogP contribution in [0.1, 0.15) is 6.92 Å². The van der Waals surface area contributed by atoms with E-state index in [1.54, 1.807) is 0 Å². The molecule has 0 saturated heterocycles. The SMILES string of the molecule is CNC(=O)OC(C)SC. The Kier molecular flexibility index (Phi) is 4.30. The van der Waals surface area contributed by atoms with Crippen LogP contribution in [-0.4, -0.2) is 24.8 Å². The van der Waals surface area contributed by atoms with Crippen LogP contribution >= 0.6 is 11.8 Å². The van der Waals surface area contributed by atoms with E-state index < -0.39 is 0 Å². The second kappa shape index (κ2) is 4.49. The van der Waals surface area contributed by atoms with Crippen LogP contribution in [0.2, 0.25) is 0 Å². The molecule has 0 saturated carbocycles. The first-order valence-corrected chi connectivity index (χ1v) is 3.90. The zero-order chi connectivity index (χ0) is 7.28. The Bertz CT molecular complexity index is 97.0. The second-order valence-electron chi connectivity index (χ2n) is 1.46. The van der Waals surface area contributed by atoms with E-state index in [-0.39, 0.29) is 11.5 Å². The minimum absolute atomic E-state index is 0.0649. The molecule has 54 valence electrons. The van der Waals surface area contributed by atoms with Gasteiger partial charge in [0.05, 0.1) is 0 Å². The van der Waals surface area contributed by atoms with E-state index in [4.69, 9.17) is 4.74 Å². The molecule has 9 heavy (non-hydrogen) atoms. The average molecular weight is 149 g/mol. The van der Waals surface area contributed by atoms with Crippen molar-refractivity contribution in [3.8, 4) is 0 Å². The Balaban J connectivity index is 3.34. The number of thioether (sulfide) groups is 1. The molecule has 4 heteroatoms. The molecule has 0 aliphatic rings. The summed E-state index contributed by atoms with van der Waals surface area (Å²) in [6.45, 7) is 1.82. The third-order valence-electron chi connectivity index (χ3n) is 0.809. The molecule has 1 atom stereocenters. The predicted molar refractivity (Wildman–Crippen MR) is 38.5 cm³/mol. The molecular formula is C5H11NO2S. The van der Waals surface area contributed by atoms with Crippen LogP contribution in [0.3, 0.4) is 0 Å². The Labute approximate surface area is 59.1 Å². The van der Waals surface area contributed by atoms with Gasteiger partial charge in [0.15, 0.2) is 0 Å². The first kappa shape index (κ1) is 8.62. The minimum atomic E-state index is -0.378. The quantitative estimate of drug-likeness (QED) is 0.596. The van der Waals surface area contributed by atoms with E-state index in [1.165, 1.54) is 18.8 Å². The first-order chi connectivity index (χ1) is 4.20. The van der Waals surface area contributed by atoms with E-state index in [2.05, 4.69) is 5.32 Å². The van der Waals surface area contributed by atoms with Gasteiger partial charge in [-0.15, -0.1) is 11.8 Å². The van der Waals surface area contributed by atoms with Crippen molar-refractivity contribution in [2.75, 3.05) is 13.3 Å². The number of hydrogen-bond acceptors (Lipinski definition) is 3. The fourth-order valence-corrected chi connectivity index (χ4v) is 0.441. The van der Waals surface area contributed by atoms with E-state index in [9.17, 15) is 4.79 Å². The number of rotatable bonds is 2. The number of amides is 1. The van der Waals surface area contributed by atoms with Gasteiger partial charge in [0.25, 0.3) is 0 Å². The molecule has 1 N–H and O–H groups in total. The third-order valence-corrected chi connectivity index (χ3v) is 1.57. The average Bonchev–Trinajstić information content (AvgIpc) is 1.87. The van der Waals surface area contributed by atoms with Gasteiger partial charge in [-0.3, -0.25) is 0 Å². The maximum atomic E-state index is 10.4. The summed E-state index contributed by atoms with van der Waals surface area (Å²) < 4.78 is 4.76. The molecule has 0 aromatic carbocycles. The predicted octanol–water partition coefficient (Wildman–Crippen LogP) is 1.05. The number of carbonyl (C=O) groups excluding carboxylic acids is 1. The number of hydrogen-bond donors (Lipinski definition) is 1. The molecule has 1 unspecified atom stereocenters. The van der Waals surface area contributed by atoms with Crippen molar-refractivity contribution in [2.24, 2.45) is 0 Å². The van der Waals surface area contributed by atoms with Crippen LogP contribution in [0.5, 0.6) is 0 Å². The highest BCUT2D eigenvalue weighted by atomic mass is 32.2. The third kappa shape index (κ3) is 4.14. The molecule has 0 spiro atoms. The Morgan fingerprint density at radius 1 is 1.78 bits per heavy atom.